The molecule has 2 aromatic heterocycles. The van der Waals surface area contributed by atoms with Gasteiger partial charge in [-0.25, -0.2) is 14.8 Å². The van der Waals surface area contributed by atoms with Crippen molar-refractivity contribution in [3.8, 4) is 0 Å². The van der Waals surface area contributed by atoms with E-state index in [0.717, 1.165) is 78.0 Å². The lowest BCUT2D eigenvalue weighted by atomic mass is 9.93. The number of nitrogens with zero attached hydrogens (tertiary/aromatic N) is 4. The minimum absolute atomic E-state index is 0.177. The van der Waals surface area contributed by atoms with Gasteiger partial charge >= 0.3 is 6.09 Å². The molecule has 196 valence electrons. The van der Waals surface area contributed by atoms with Gasteiger partial charge in [0.15, 0.2) is 5.13 Å². The molecule has 0 spiro atoms. The Labute approximate surface area is 220 Å². The highest BCUT2D eigenvalue weighted by Gasteiger charge is 2.24. The topological polar surface area (TPSA) is 103 Å². The second-order valence-electron chi connectivity index (χ2n) is 10.3. The van der Waals surface area contributed by atoms with Crippen LogP contribution in [0.1, 0.15) is 50.5 Å². The molecule has 3 N–H and O–H groups in total. The van der Waals surface area contributed by atoms with Crippen molar-refractivity contribution >= 4 is 50.1 Å². The lowest BCUT2D eigenvalue weighted by Crippen LogP contribution is -2.30. The highest BCUT2D eigenvalue weighted by Crippen LogP contribution is 2.33. The number of aromatic nitrogens is 2. The molecule has 37 heavy (non-hydrogen) atoms. The third-order valence-corrected chi connectivity index (χ3v) is 8.40. The van der Waals surface area contributed by atoms with E-state index < -0.39 is 0 Å². The predicted octanol–water partition coefficient (Wildman–Crippen LogP) is 5.09. The fourth-order valence-electron chi connectivity index (χ4n) is 5.49. The molecule has 3 aromatic rings. The summed E-state index contributed by atoms with van der Waals surface area (Å²) in [4.78, 5) is 25.8. The number of amides is 1. The van der Waals surface area contributed by atoms with Gasteiger partial charge in [0.1, 0.15) is 18.2 Å². The Balaban J connectivity index is 1.23. The van der Waals surface area contributed by atoms with E-state index >= 15 is 0 Å². The van der Waals surface area contributed by atoms with Crippen LogP contribution in [0.15, 0.2) is 30.3 Å². The van der Waals surface area contributed by atoms with Crippen LogP contribution in [-0.4, -0.2) is 64.5 Å². The highest BCUT2D eigenvalue weighted by atomic mass is 32.1. The van der Waals surface area contributed by atoms with Crippen molar-refractivity contribution < 1.29 is 14.6 Å². The smallest absolute Gasteiger partial charge is 0.414 e. The molecular formula is C27H34N6O3S. The van der Waals surface area contributed by atoms with Crippen LogP contribution in [-0.2, 0) is 11.3 Å². The number of fused-ring (bicyclic) bond motifs is 1. The lowest BCUT2D eigenvalue weighted by Gasteiger charge is -2.28. The number of carbonyl (C=O) groups excluding carboxylic acids is 1. The average molecular weight is 523 g/mol. The number of ether oxygens (including phenoxy) is 1. The van der Waals surface area contributed by atoms with Crippen molar-refractivity contribution in [1.29, 1.82) is 0 Å². The van der Waals surface area contributed by atoms with Crippen LogP contribution in [0, 0.1) is 0 Å². The van der Waals surface area contributed by atoms with Crippen LogP contribution < -0.4 is 15.5 Å². The third kappa shape index (κ3) is 5.81. The summed E-state index contributed by atoms with van der Waals surface area (Å²) in [6.07, 6.45) is 6.92. The van der Waals surface area contributed by atoms with Crippen molar-refractivity contribution in [3.05, 3.63) is 35.9 Å². The lowest BCUT2D eigenvalue weighted by molar-refractivity contribution is 0.126. The molecule has 4 heterocycles. The van der Waals surface area contributed by atoms with Gasteiger partial charge in [-0.2, -0.15) is 0 Å². The first-order chi connectivity index (χ1) is 18.1. The molecule has 3 fully saturated rings. The summed E-state index contributed by atoms with van der Waals surface area (Å²) in [6, 6.07) is 10.5. The second-order valence-corrected chi connectivity index (χ2v) is 11.3. The number of thiazole rings is 1. The number of aliphatic hydroxyl groups is 1. The maximum Gasteiger partial charge on any atom is 0.414 e. The number of nitrogens with one attached hydrogen (secondary N) is 2. The Hall–Kier alpha value is -2.95. The van der Waals surface area contributed by atoms with Crippen LogP contribution in [0.2, 0.25) is 0 Å². The Morgan fingerprint density at radius 3 is 2.59 bits per heavy atom. The minimum atomic E-state index is -0.301. The largest absolute Gasteiger partial charge is 0.447 e. The number of hydrogen-bond acceptors (Lipinski definition) is 9. The maximum absolute atomic E-state index is 12.0. The van der Waals surface area contributed by atoms with Gasteiger partial charge in [-0.15, -0.1) is 0 Å². The van der Waals surface area contributed by atoms with Crippen LogP contribution >= 0.6 is 11.3 Å². The van der Waals surface area contributed by atoms with E-state index in [1.54, 1.807) is 16.2 Å². The van der Waals surface area contributed by atoms with Gasteiger partial charge in [-0.05, 0) is 87.5 Å². The Kier molecular flexibility index (Phi) is 7.12. The molecule has 9 nitrogen and oxygen atoms in total. The summed E-state index contributed by atoms with van der Waals surface area (Å²) in [5.74, 6) is 1.64. The number of piperidine rings is 1. The summed E-state index contributed by atoms with van der Waals surface area (Å²) in [5.41, 5.74) is 2.94. The van der Waals surface area contributed by atoms with Gasteiger partial charge in [0.05, 0.1) is 22.9 Å². The fraction of sp³-hybridized carbons (Fsp3) is 0.519. The van der Waals surface area contributed by atoms with Gasteiger partial charge in [-0.1, -0.05) is 17.8 Å². The van der Waals surface area contributed by atoms with Crippen LogP contribution in [0.25, 0.3) is 10.2 Å². The SMILES string of the molecule is O=C1OCCN1c1ccc2nc(Nc3cc(CN4CCCCC4)cc(N[C@H]4CC[C@H](O)CC4)n3)sc2c1. The molecule has 1 amide bonds. The molecule has 2 aliphatic heterocycles. The van der Waals surface area contributed by atoms with Crippen molar-refractivity contribution in [2.75, 3.05) is 41.8 Å². The quantitative estimate of drug-likeness (QED) is 0.394. The predicted molar refractivity (Wildman–Crippen MR) is 147 cm³/mol. The molecule has 0 radical (unpaired) electrons. The van der Waals surface area contributed by atoms with E-state index in [9.17, 15) is 9.90 Å². The molecule has 1 aromatic carbocycles. The number of likely N-dealkylation sites (tertiary alicyclic amines) is 1. The zero-order valence-electron chi connectivity index (χ0n) is 21.0. The molecule has 1 saturated carbocycles. The number of aliphatic hydroxyl groups excluding tert-OH is 1. The molecule has 0 atom stereocenters. The van der Waals surface area contributed by atoms with Gasteiger partial charge in [0.2, 0.25) is 0 Å². The number of benzene rings is 1. The Bertz CT molecular complexity index is 1250. The normalized spacial score (nSPS) is 22.8. The fourth-order valence-corrected chi connectivity index (χ4v) is 6.40. The highest BCUT2D eigenvalue weighted by molar-refractivity contribution is 7.22. The molecule has 6 rings (SSSR count). The maximum atomic E-state index is 12.0. The van der Waals surface area contributed by atoms with Crippen LogP contribution in [0.4, 0.5) is 27.2 Å². The summed E-state index contributed by atoms with van der Waals surface area (Å²) >= 11 is 1.55. The van der Waals surface area contributed by atoms with Gasteiger partial charge in [-0.3, -0.25) is 9.80 Å². The van der Waals surface area contributed by atoms with E-state index in [2.05, 4.69) is 27.7 Å². The zero-order valence-corrected chi connectivity index (χ0v) is 21.8. The molecule has 0 bridgehead atoms. The first kappa shape index (κ1) is 24.4. The van der Waals surface area contributed by atoms with Gasteiger partial charge in [0.25, 0.3) is 0 Å². The van der Waals surface area contributed by atoms with E-state index in [-0.39, 0.29) is 12.2 Å². The monoisotopic (exact) mass is 522 g/mol. The zero-order chi connectivity index (χ0) is 25.2. The second kappa shape index (κ2) is 10.8. The summed E-state index contributed by atoms with van der Waals surface area (Å²) in [5, 5.41) is 17.7. The number of carbonyl (C=O) groups is 1. The standard InChI is InChI=1S/C27H34N6O3S/c34-21-7-4-19(5-8-21)28-24-14-18(17-32-10-2-1-3-11-32)15-25(30-24)31-26-29-22-9-6-20(16-23(22)37-26)33-12-13-36-27(33)35/h6,9,14-16,19,21,34H,1-5,7-8,10-13,17H2,(H2,28,29,30,31)/t19-,21-. The Morgan fingerprint density at radius 2 is 1.81 bits per heavy atom. The van der Waals surface area contributed by atoms with Crippen molar-refractivity contribution in [1.82, 2.24) is 14.9 Å². The van der Waals surface area contributed by atoms with E-state index in [1.807, 2.05) is 18.2 Å². The molecular weight excluding hydrogens is 488 g/mol. The van der Waals surface area contributed by atoms with Crippen molar-refractivity contribution in [2.24, 2.45) is 0 Å². The summed E-state index contributed by atoms with van der Waals surface area (Å²) in [7, 11) is 0. The molecule has 3 aliphatic rings. The van der Waals surface area contributed by atoms with E-state index in [4.69, 9.17) is 14.7 Å². The number of pyridine rings is 1. The van der Waals surface area contributed by atoms with Gasteiger partial charge in [0, 0.05) is 18.3 Å². The van der Waals surface area contributed by atoms with Crippen LogP contribution in [0.3, 0.4) is 0 Å². The average Bonchev–Trinajstić information content (AvgIpc) is 3.50. The third-order valence-electron chi connectivity index (χ3n) is 7.47. The summed E-state index contributed by atoms with van der Waals surface area (Å²) < 4.78 is 6.09. The number of cyclic esters (lactones) is 1. The van der Waals surface area contributed by atoms with Gasteiger partial charge < -0.3 is 20.5 Å². The molecule has 0 unspecified atom stereocenters. The van der Waals surface area contributed by atoms with E-state index in [1.165, 1.54) is 24.8 Å². The first-order valence-electron chi connectivity index (χ1n) is 13.4. The first-order valence-corrected chi connectivity index (χ1v) is 14.2. The molecule has 10 heteroatoms. The van der Waals surface area contributed by atoms with E-state index in [0.29, 0.717) is 19.2 Å². The van der Waals surface area contributed by atoms with Crippen molar-refractivity contribution in [3.63, 3.8) is 0 Å². The minimum Gasteiger partial charge on any atom is -0.447 e. The summed E-state index contributed by atoms with van der Waals surface area (Å²) in [6.45, 7) is 4.17. The molecule has 1 aliphatic carbocycles. The number of anilines is 4. The van der Waals surface area contributed by atoms with Crippen molar-refractivity contribution in [2.45, 2.75) is 63.6 Å². The Morgan fingerprint density at radius 1 is 1.00 bits per heavy atom. The molecule has 2 saturated heterocycles. The number of hydrogen-bond donors (Lipinski definition) is 3. The number of rotatable bonds is 7. The van der Waals surface area contributed by atoms with Crippen LogP contribution in [0.5, 0.6) is 0 Å².